The van der Waals surface area contributed by atoms with Crippen molar-refractivity contribution in [1.29, 1.82) is 0 Å². The van der Waals surface area contributed by atoms with Crippen LogP contribution in [0, 0.1) is 5.92 Å². The van der Waals surface area contributed by atoms with Gasteiger partial charge in [0.25, 0.3) is 11.8 Å². The van der Waals surface area contributed by atoms with Crippen molar-refractivity contribution in [3.63, 3.8) is 0 Å². The number of aliphatic hydroxyl groups excluding tert-OH is 2. The maximum atomic E-state index is 14.5. The molecule has 0 radical (unpaired) electrons. The summed E-state index contributed by atoms with van der Waals surface area (Å²) in [4.78, 5) is 101. The highest BCUT2D eigenvalue weighted by molar-refractivity contribution is 6.01. The zero-order valence-electron chi connectivity index (χ0n) is 44.2. The molecule has 2 aliphatic carbocycles. The van der Waals surface area contributed by atoms with Crippen LogP contribution in [0.1, 0.15) is 128 Å². The standard InChI is InChI=1S/C55H77N11O9/c1-29(2)46(63-48(68)30(3)57-6)54(74)65-27-38(25-44(65)52(72)61-42-20-12-16-33-14-8-10-18-40(33)42)59-50(70)35-22-36(24-37(56)23-35)51(71)60-39-26-45(53(73)62-43-21-13-17-34-15-9-11-19-41(34)43)66(28-39)55(75)47(32(5)67)64-49(69)31(4)58-7/h8-11,14-15,18-19,22-24,29-32,38-39,42-47,52,57-58,61,67,72H,12-13,16-17,20-21,25-28,56H2,1-7H3,(H,59,70)(H,60,71)(H,62,73)(H,63,68)(H,64,69)/t30-,31-,32+,38-,39-,42+,43?,44-,45-,46-,47-,52?/m0/s1. The molecule has 12 atom stereocenters. The Hall–Kier alpha value is -6.45. The Balaban J connectivity index is 1.08. The summed E-state index contributed by atoms with van der Waals surface area (Å²) in [5.74, 6) is -3.99. The van der Waals surface area contributed by atoms with Gasteiger partial charge in [-0.2, -0.15) is 0 Å². The van der Waals surface area contributed by atoms with Crippen LogP contribution < -0.4 is 48.3 Å². The van der Waals surface area contributed by atoms with Gasteiger partial charge in [0.2, 0.25) is 29.5 Å². The molecule has 12 N–H and O–H groups in total. The van der Waals surface area contributed by atoms with Crippen LogP contribution in [0.5, 0.6) is 0 Å². The number of nitrogens with one attached hydrogen (secondary N) is 8. The Morgan fingerprint density at radius 1 is 0.627 bits per heavy atom. The molecule has 0 aromatic heterocycles. The molecule has 7 amide bonds. The number of nitrogen functional groups attached to an aromatic ring is 1. The summed E-state index contributed by atoms with van der Waals surface area (Å²) in [5.41, 5.74) is 10.9. The lowest BCUT2D eigenvalue weighted by Crippen LogP contribution is -2.59. The Kier molecular flexibility index (Phi) is 18.7. The summed E-state index contributed by atoms with van der Waals surface area (Å²) in [6.45, 7) is 8.20. The smallest absolute Gasteiger partial charge is 0.251 e. The number of likely N-dealkylation sites (tertiary alicyclic amines) is 2. The molecule has 4 aliphatic rings. The number of aliphatic hydroxyl groups is 2. The number of benzene rings is 3. The van der Waals surface area contributed by atoms with Crippen molar-refractivity contribution in [3.8, 4) is 0 Å². The molecule has 2 aliphatic heterocycles. The number of anilines is 1. The Morgan fingerprint density at radius 3 is 1.67 bits per heavy atom. The maximum Gasteiger partial charge on any atom is 0.251 e. The SMILES string of the molecule is CN[C@@H](C)C(=O)N[C@H](C(=O)N1C[C@@H](NC(=O)c2cc(N)cc(C(=O)N[C@H]3C[C@@H](C(=O)NC4CCCc5ccccc54)N(C(=O)[C@@H](NC(=O)[C@H](C)NC)[C@@H](C)O)C3)c2)C[C@H]1C(O)N[C@@H]1CCCc2ccccc21)C(C)C. The van der Waals surface area contributed by atoms with E-state index in [4.69, 9.17) is 5.73 Å². The van der Waals surface area contributed by atoms with Gasteiger partial charge in [0.15, 0.2) is 0 Å². The van der Waals surface area contributed by atoms with Gasteiger partial charge in [0, 0.05) is 48.0 Å². The Bertz CT molecular complexity index is 2580. The van der Waals surface area contributed by atoms with Crippen molar-refractivity contribution in [1.82, 2.24) is 52.3 Å². The molecule has 3 aromatic carbocycles. The van der Waals surface area contributed by atoms with E-state index in [0.29, 0.717) is 6.42 Å². The predicted molar refractivity (Wildman–Crippen MR) is 283 cm³/mol. The first-order valence-electron chi connectivity index (χ1n) is 26.4. The third-order valence-corrected chi connectivity index (χ3v) is 15.4. The summed E-state index contributed by atoms with van der Waals surface area (Å²) < 4.78 is 0. The lowest BCUT2D eigenvalue weighted by molar-refractivity contribution is -0.144. The minimum absolute atomic E-state index is 0.00261. The van der Waals surface area contributed by atoms with Gasteiger partial charge < -0.3 is 63.0 Å². The van der Waals surface area contributed by atoms with E-state index in [2.05, 4.69) is 48.6 Å². The molecule has 20 nitrogen and oxygen atoms in total. The molecule has 3 aromatic rings. The van der Waals surface area contributed by atoms with Gasteiger partial charge in [-0.15, -0.1) is 0 Å². The summed E-state index contributed by atoms with van der Waals surface area (Å²) in [5, 5.41) is 46.4. The number of aryl methyl sites for hydroxylation is 2. The molecule has 0 spiro atoms. The number of nitrogens with zero attached hydrogens (tertiary/aromatic N) is 2. The molecule has 0 saturated carbocycles. The number of rotatable bonds is 19. The number of likely N-dealkylation sites (N-methyl/N-ethyl adjacent to an activating group) is 2. The van der Waals surface area contributed by atoms with Crippen molar-refractivity contribution in [3.05, 3.63) is 100 Å². The zero-order chi connectivity index (χ0) is 54.2. The molecular weight excluding hydrogens is 959 g/mol. The van der Waals surface area contributed by atoms with E-state index >= 15 is 0 Å². The molecule has 0 bridgehead atoms. The van der Waals surface area contributed by atoms with Crippen LogP contribution in [0.25, 0.3) is 0 Å². The molecule has 20 heteroatoms. The third kappa shape index (κ3) is 13.3. The zero-order valence-corrected chi connectivity index (χ0v) is 44.2. The average Bonchev–Trinajstić information content (AvgIpc) is 4.03. The van der Waals surface area contributed by atoms with E-state index in [1.165, 1.54) is 40.5 Å². The van der Waals surface area contributed by atoms with Gasteiger partial charge >= 0.3 is 0 Å². The fourth-order valence-corrected chi connectivity index (χ4v) is 10.9. The predicted octanol–water partition coefficient (Wildman–Crippen LogP) is 1.07. The summed E-state index contributed by atoms with van der Waals surface area (Å²) in [6, 6.07) is 12.7. The Morgan fingerprint density at radius 2 is 1.12 bits per heavy atom. The lowest BCUT2D eigenvalue weighted by atomic mass is 9.87. The van der Waals surface area contributed by atoms with Crippen LogP contribution in [-0.2, 0) is 36.8 Å². The number of carbonyl (C=O) groups is 7. The van der Waals surface area contributed by atoms with Crippen LogP contribution in [0.4, 0.5) is 5.69 Å². The monoisotopic (exact) mass is 1040 g/mol. The van der Waals surface area contributed by atoms with Crippen LogP contribution in [0.2, 0.25) is 0 Å². The Labute approximate surface area is 439 Å². The van der Waals surface area contributed by atoms with Crippen LogP contribution in [-0.4, -0.2) is 149 Å². The van der Waals surface area contributed by atoms with Gasteiger partial charge in [0.05, 0.1) is 30.3 Å². The first-order chi connectivity index (χ1) is 35.8. The van der Waals surface area contributed by atoms with Gasteiger partial charge in [0.1, 0.15) is 24.4 Å². The first kappa shape index (κ1) is 56.3. The molecule has 2 saturated heterocycles. The molecule has 7 rings (SSSR count). The van der Waals surface area contributed by atoms with Crippen molar-refractivity contribution < 1.29 is 43.8 Å². The maximum absolute atomic E-state index is 14.5. The molecular formula is C55H77N11O9. The highest BCUT2D eigenvalue weighted by Gasteiger charge is 2.46. The number of hydrogen-bond donors (Lipinski definition) is 11. The van der Waals surface area contributed by atoms with Gasteiger partial charge in [-0.3, -0.25) is 38.9 Å². The minimum Gasteiger partial charge on any atom is -0.399 e. The van der Waals surface area contributed by atoms with Crippen LogP contribution >= 0.6 is 0 Å². The molecule has 2 unspecified atom stereocenters. The molecule has 75 heavy (non-hydrogen) atoms. The lowest BCUT2D eigenvalue weighted by Gasteiger charge is -2.36. The van der Waals surface area contributed by atoms with E-state index in [1.807, 2.05) is 56.3 Å². The summed E-state index contributed by atoms with van der Waals surface area (Å²) in [7, 11) is 3.23. The van der Waals surface area contributed by atoms with E-state index in [0.717, 1.165) is 48.8 Å². The van der Waals surface area contributed by atoms with Crippen molar-refractivity contribution >= 4 is 47.0 Å². The third-order valence-electron chi connectivity index (χ3n) is 15.4. The van der Waals surface area contributed by atoms with E-state index in [1.54, 1.807) is 27.9 Å². The first-order valence-corrected chi connectivity index (χ1v) is 26.4. The number of amides is 7. The molecule has 406 valence electrons. The van der Waals surface area contributed by atoms with E-state index < -0.39 is 96.1 Å². The number of nitrogens with two attached hydrogens (primary N) is 1. The second kappa shape index (κ2) is 24.9. The highest BCUT2D eigenvalue weighted by Crippen LogP contribution is 2.33. The van der Waals surface area contributed by atoms with Gasteiger partial charge in [-0.05, 0) is 133 Å². The van der Waals surface area contributed by atoms with Crippen molar-refractivity contribution in [2.75, 3.05) is 32.9 Å². The van der Waals surface area contributed by atoms with Crippen LogP contribution in [0.15, 0.2) is 66.7 Å². The average molecular weight is 1040 g/mol. The quantitative estimate of drug-likeness (QED) is 0.0593. The van der Waals surface area contributed by atoms with Gasteiger partial charge in [-0.25, -0.2) is 0 Å². The van der Waals surface area contributed by atoms with Crippen LogP contribution in [0.3, 0.4) is 0 Å². The fraction of sp³-hybridized carbons (Fsp3) is 0.545. The fourth-order valence-electron chi connectivity index (χ4n) is 10.9. The normalized spacial score (nSPS) is 23.6. The number of hydrogen-bond acceptors (Lipinski definition) is 13. The summed E-state index contributed by atoms with van der Waals surface area (Å²) in [6.07, 6.45) is 2.63. The van der Waals surface area contributed by atoms with Crippen molar-refractivity contribution in [2.45, 2.75) is 159 Å². The second-order valence-electron chi connectivity index (χ2n) is 21.1. The van der Waals surface area contributed by atoms with E-state index in [-0.39, 0.29) is 66.7 Å². The molecule has 2 fully saturated rings. The summed E-state index contributed by atoms with van der Waals surface area (Å²) >= 11 is 0. The number of fused-ring (bicyclic) bond motifs is 2. The van der Waals surface area contributed by atoms with Crippen molar-refractivity contribution in [2.24, 2.45) is 5.92 Å². The topological polar surface area (TPSA) is 289 Å². The highest BCUT2D eigenvalue weighted by atomic mass is 16.3. The van der Waals surface area contributed by atoms with Gasteiger partial charge in [-0.1, -0.05) is 62.4 Å². The minimum atomic E-state index is -1.40. The van der Waals surface area contributed by atoms with E-state index in [9.17, 15) is 43.8 Å². The largest absolute Gasteiger partial charge is 0.399 e. The number of carbonyl (C=O) groups excluding carboxylic acids is 7. The molecule has 2 heterocycles. The second-order valence-corrected chi connectivity index (χ2v) is 21.1.